The molecule has 0 aromatic carbocycles. The summed E-state index contributed by atoms with van der Waals surface area (Å²) in [4.78, 5) is 82.7. The first-order valence-corrected chi connectivity index (χ1v) is 21.2. The number of rotatable bonds is 14. The van der Waals surface area contributed by atoms with E-state index in [1.54, 1.807) is 20.8 Å². The first-order chi connectivity index (χ1) is 28.3. The lowest BCUT2D eigenvalue weighted by molar-refractivity contribution is -0.154. The Kier molecular flexibility index (Phi) is 26.7. The van der Waals surface area contributed by atoms with Gasteiger partial charge in [0.15, 0.2) is 12.2 Å². The summed E-state index contributed by atoms with van der Waals surface area (Å²) in [6, 6.07) is -3.29. The molecule has 2 saturated heterocycles. The van der Waals surface area contributed by atoms with Gasteiger partial charge in [0.05, 0.1) is 12.2 Å². The third-order valence-electron chi connectivity index (χ3n) is 8.22. The standard InChI is InChI=1S/C15H24Cl3N3O6.C15H24Cl3N3O5.C5H10O4/c1-8(19-12(23)11(22)9(2)26-3)13(24)21-6-4-5-10(20-21)14(25)27-7-15(16,17)18;1-9(19-13(24)26-14(2,3)4)11(22)21-7-5-6-10(20-21)12(23)25-8-15(16,17)18;1-3(9-2)4(6)5(7)8/h8-11,20,22H,4-7H2,1-3H3,(H,19,23);9-10,20H,5-8H2,1-4H3,(H,19,24);3-4,6H,1-2H3,(H,7,8)/t8-,9+,10-,11-;9-,10-;3-,4+/m001/s1. The van der Waals surface area contributed by atoms with Crippen LogP contribution < -0.4 is 21.5 Å². The van der Waals surface area contributed by atoms with E-state index in [9.17, 15) is 38.7 Å². The van der Waals surface area contributed by atoms with Gasteiger partial charge in [-0.3, -0.25) is 34.0 Å². The van der Waals surface area contributed by atoms with Crippen molar-refractivity contribution in [2.45, 2.75) is 136 Å². The smallest absolute Gasteiger partial charge is 0.408 e. The number of hydrogen-bond donors (Lipinski definition) is 7. The number of hydrazine groups is 2. The van der Waals surface area contributed by atoms with Gasteiger partial charge in [-0.2, -0.15) is 0 Å². The van der Waals surface area contributed by atoms with E-state index in [0.717, 1.165) is 0 Å². The number of carboxylic acids is 1. The maximum Gasteiger partial charge on any atom is 0.408 e. The Bertz CT molecular complexity index is 1490. The number of aliphatic hydroxyl groups is 2. The van der Waals surface area contributed by atoms with E-state index >= 15 is 0 Å². The molecule has 0 aromatic rings. The highest BCUT2D eigenvalue weighted by molar-refractivity contribution is 6.68. The molecule has 2 aliphatic rings. The SMILES string of the molecule is CO[C@H](C)[C@H](O)C(=O)N[C@@H](C)C(=O)N1CCC[C@@H](C(=O)OCC(Cl)(Cl)Cl)N1.CO[C@H](C)[C@H](O)C(=O)O.C[C@H](NC(=O)OC(C)(C)C)C(=O)N1CCC[C@@H](C(=O)OCC(Cl)(Cl)Cl)N1. The molecule has 8 atom stereocenters. The molecule has 2 heterocycles. The average molecular weight is 1020 g/mol. The summed E-state index contributed by atoms with van der Waals surface area (Å²) in [7, 11) is 2.70. The van der Waals surface area contributed by atoms with E-state index in [4.69, 9.17) is 98.8 Å². The minimum atomic E-state index is -1.72. The molecule has 0 unspecified atom stereocenters. The van der Waals surface area contributed by atoms with Crippen LogP contribution in [0.15, 0.2) is 0 Å². The van der Waals surface area contributed by atoms with E-state index in [2.05, 4.69) is 26.2 Å². The van der Waals surface area contributed by atoms with Gasteiger partial charge in [-0.25, -0.2) is 20.4 Å². The molecular formula is C35H58Cl6N6O15. The van der Waals surface area contributed by atoms with Crippen LogP contribution in [0.3, 0.4) is 0 Å². The summed E-state index contributed by atoms with van der Waals surface area (Å²) in [5, 5.41) is 34.0. The van der Waals surface area contributed by atoms with E-state index in [1.165, 1.54) is 51.9 Å². The average Bonchev–Trinajstić information content (AvgIpc) is 3.19. The van der Waals surface area contributed by atoms with Crippen LogP contribution >= 0.6 is 69.6 Å². The summed E-state index contributed by atoms with van der Waals surface area (Å²) in [6.45, 7) is 11.1. The number of halogens is 6. The topological polar surface area (TPSA) is 281 Å². The van der Waals surface area contributed by atoms with Crippen molar-refractivity contribution < 1.29 is 72.6 Å². The largest absolute Gasteiger partial charge is 0.479 e. The fourth-order valence-electron chi connectivity index (χ4n) is 4.78. The third kappa shape index (κ3) is 24.6. The lowest BCUT2D eigenvalue weighted by Gasteiger charge is -2.34. The number of esters is 2. The van der Waals surface area contributed by atoms with Gasteiger partial charge in [-0.1, -0.05) is 69.6 Å². The molecule has 2 aliphatic heterocycles. The second-order valence-corrected chi connectivity index (χ2v) is 19.8. The van der Waals surface area contributed by atoms with Crippen LogP contribution in [-0.2, 0) is 52.5 Å². The van der Waals surface area contributed by atoms with Gasteiger partial charge in [0.25, 0.3) is 17.7 Å². The first-order valence-electron chi connectivity index (χ1n) is 18.9. The Morgan fingerprint density at radius 1 is 0.677 bits per heavy atom. The van der Waals surface area contributed by atoms with Gasteiger partial charge in [0.2, 0.25) is 7.59 Å². The summed E-state index contributed by atoms with van der Waals surface area (Å²) >= 11 is 33.3. The number of nitrogens with one attached hydrogen (secondary N) is 4. The van der Waals surface area contributed by atoms with Crippen LogP contribution in [0.1, 0.15) is 74.1 Å². The lowest BCUT2D eigenvalue weighted by Crippen LogP contribution is -2.60. The van der Waals surface area contributed by atoms with Gasteiger partial charge in [0.1, 0.15) is 43.0 Å². The molecular weight excluding hydrogens is 957 g/mol. The minimum Gasteiger partial charge on any atom is -0.479 e. The van der Waals surface area contributed by atoms with E-state index in [0.29, 0.717) is 38.8 Å². The van der Waals surface area contributed by atoms with Crippen molar-refractivity contribution in [3.63, 3.8) is 0 Å². The maximum atomic E-state index is 12.5. The van der Waals surface area contributed by atoms with Crippen LogP contribution in [0.25, 0.3) is 0 Å². The van der Waals surface area contributed by atoms with Gasteiger partial charge >= 0.3 is 24.0 Å². The molecule has 360 valence electrons. The second kappa shape index (κ2) is 27.8. The van der Waals surface area contributed by atoms with Gasteiger partial charge in [-0.15, -0.1) is 0 Å². The zero-order valence-corrected chi connectivity index (χ0v) is 40.2. The number of hydrogen-bond acceptors (Lipinski definition) is 16. The normalized spacial score (nSPS) is 19.8. The third-order valence-corrected chi connectivity index (χ3v) is 8.87. The number of aliphatic hydroxyl groups excluding tert-OH is 2. The van der Waals surface area contributed by atoms with Crippen LogP contribution in [0.5, 0.6) is 0 Å². The van der Waals surface area contributed by atoms with Crippen molar-refractivity contribution >= 4 is 111 Å². The number of amides is 4. The molecule has 21 nitrogen and oxygen atoms in total. The van der Waals surface area contributed by atoms with Crippen molar-refractivity contribution in [1.82, 2.24) is 31.5 Å². The molecule has 2 fully saturated rings. The number of carbonyl (C=O) groups excluding carboxylic acids is 6. The molecule has 0 bridgehead atoms. The zero-order valence-electron chi connectivity index (χ0n) is 35.7. The number of alkyl carbamates (subject to hydrolysis) is 1. The maximum absolute atomic E-state index is 12.5. The van der Waals surface area contributed by atoms with Crippen LogP contribution in [0.2, 0.25) is 0 Å². The molecule has 0 spiro atoms. The highest BCUT2D eigenvalue weighted by Gasteiger charge is 2.35. The Morgan fingerprint density at radius 3 is 1.37 bits per heavy atom. The van der Waals surface area contributed by atoms with Crippen molar-refractivity contribution in [2.75, 3.05) is 40.5 Å². The van der Waals surface area contributed by atoms with E-state index in [-0.39, 0.29) is 6.61 Å². The fraction of sp³-hybridized carbons (Fsp3) is 0.800. The Morgan fingerprint density at radius 2 is 1.05 bits per heavy atom. The van der Waals surface area contributed by atoms with Crippen LogP contribution in [0.4, 0.5) is 4.79 Å². The number of carbonyl (C=O) groups is 7. The minimum absolute atomic E-state index is 0.338. The highest BCUT2D eigenvalue weighted by atomic mass is 35.6. The molecule has 27 heteroatoms. The molecule has 0 radical (unpaired) electrons. The first kappa shape index (κ1) is 59.6. The molecule has 0 aromatic heterocycles. The van der Waals surface area contributed by atoms with Crippen molar-refractivity contribution in [2.24, 2.45) is 0 Å². The summed E-state index contributed by atoms with van der Waals surface area (Å²) in [6.07, 6.45) is -2.89. The molecule has 4 amide bonds. The molecule has 0 aliphatic carbocycles. The van der Waals surface area contributed by atoms with Crippen LogP contribution in [-0.4, -0.2) is 169 Å². The van der Waals surface area contributed by atoms with E-state index in [1.807, 2.05) is 0 Å². The number of aliphatic carboxylic acids is 1. The predicted molar refractivity (Wildman–Crippen MR) is 227 cm³/mol. The number of alkyl halides is 6. The summed E-state index contributed by atoms with van der Waals surface area (Å²) in [5.74, 6) is -4.15. The van der Waals surface area contributed by atoms with Crippen molar-refractivity contribution in [3.05, 3.63) is 0 Å². The quantitative estimate of drug-likeness (QED) is 0.0745. The monoisotopic (exact) mass is 1010 g/mol. The number of carboxylic acid groups (broad SMARTS) is 1. The predicted octanol–water partition coefficient (Wildman–Crippen LogP) is 2.07. The summed E-state index contributed by atoms with van der Waals surface area (Å²) < 4.78 is 21.0. The zero-order chi connectivity index (χ0) is 48.3. The summed E-state index contributed by atoms with van der Waals surface area (Å²) in [5.41, 5.74) is 4.85. The Hall–Kier alpha value is -2.41. The molecule has 7 N–H and O–H groups in total. The van der Waals surface area contributed by atoms with E-state index < -0.39 is 110 Å². The lowest BCUT2D eigenvalue weighted by atomic mass is 10.1. The Labute approximate surface area is 390 Å². The molecule has 62 heavy (non-hydrogen) atoms. The van der Waals surface area contributed by atoms with Gasteiger partial charge < -0.3 is 49.6 Å². The highest BCUT2D eigenvalue weighted by Crippen LogP contribution is 2.27. The van der Waals surface area contributed by atoms with Crippen molar-refractivity contribution in [3.8, 4) is 0 Å². The van der Waals surface area contributed by atoms with Crippen molar-refractivity contribution in [1.29, 1.82) is 0 Å². The Balaban J connectivity index is 0.00000100. The van der Waals surface area contributed by atoms with Gasteiger partial charge in [0, 0.05) is 27.3 Å². The number of nitrogens with zero attached hydrogens (tertiary/aromatic N) is 2. The second-order valence-electron chi connectivity index (χ2n) is 14.8. The number of methoxy groups -OCH3 is 2. The fourth-order valence-corrected chi connectivity index (χ4v) is 5.11. The molecule has 2 rings (SSSR count). The van der Waals surface area contributed by atoms with Crippen LogP contribution in [0, 0.1) is 0 Å². The molecule has 0 saturated carbocycles. The number of ether oxygens (including phenoxy) is 5. The van der Waals surface area contributed by atoms with Gasteiger partial charge in [-0.05, 0) is 74.1 Å².